The van der Waals surface area contributed by atoms with Gasteiger partial charge in [0, 0.05) is 17.1 Å². The second-order valence-corrected chi connectivity index (χ2v) is 6.65. The maximum atomic E-state index is 12.4. The fraction of sp³-hybridized carbons (Fsp3) is 0.412. The number of nitrogens with one attached hydrogen (secondary N) is 1. The van der Waals surface area contributed by atoms with E-state index < -0.39 is 11.7 Å². The summed E-state index contributed by atoms with van der Waals surface area (Å²) < 4.78 is 48.2. The van der Waals surface area contributed by atoms with Crippen molar-refractivity contribution in [2.75, 3.05) is 19.8 Å². The zero-order valence-corrected chi connectivity index (χ0v) is 14.5. The van der Waals surface area contributed by atoms with Gasteiger partial charge in [-0.25, -0.2) is 4.98 Å². The Balaban J connectivity index is 1.40. The third-order valence-electron chi connectivity index (χ3n) is 3.87. The number of pyridine rings is 1. The van der Waals surface area contributed by atoms with Crippen molar-refractivity contribution in [1.29, 1.82) is 0 Å². The molecule has 0 fully saturated rings. The molecule has 1 N–H and O–H groups in total. The van der Waals surface area contributed by atoms with Crippen LogP contribution in [0.15, 0.2) is 29.8 Å². The highest BCUT2D eigenvalue weighted by Crippen LogP contribution is 2.33. The Kier molecular flexibility index (Phi) is 5.77. The molecule has 0 bridgehead atoms. The summed E-state index contributed by atoms with van der Waals surface area (Å²) in [6, 6.07) is 4.11. The van der Waals surface area contributed by atoms with Gasteiger partial charge in [0.25, 0.3) is 0 Å². The number of aromatic nitrogens is 1. The first-order valence-corrected chi connectivity index (χ1v) is 8.92. The van der Waals surface area contributed by atoms with E-state index in [1.54, 1.807) is 11.3 Å². The molecule has 2 aromatic heterocycles. The Labute approximate surface area is 152 Å². The van der Waals surface area contributed by atoms with Gasteiger partial charge in [0.05, 0.1) is 25.1 Å². The first-order chi connectivity index (χ1) is 12.4. The number of hydrogen-bond donors (Lipinski definition) is 1. The van der Waals surface area contributed by atoms with E-state index in [4.69, 9.17) is 9.47 Å². The standard InChI is InChI=1S/C17H17F3N2O3S/c18-17(19,20)12-1-2-15(22-10-12)25-7-5-21-14(23)9-13-16-11(3-6-24-13)4-8-26-16/h1-2,4,8,10,13H,3,5-7,9H2,(H,21,23). The van der Waals surface area contributed by atoms with Gasteiger partial charge < -0.3 is 14.8 Å². The average molecular weight is 386 g/mol. The molecular weight excluding hydrogens is 369 g/mol. The number of halogens is 3. The molecule has 9 heteroatoms. The number of fused-ring (bicyclic) bond motifs is 1. The fourth-order valence-electron chi connectivity index (χ4n) is 2.59. The van der Waals surface area contributed by atoms with Crippen molar-refractivity contribution in [3.8, 4) is 5.88 Å². The van der Waals surface area contributed by atoms with Crippen LogP contribution in [-0.2, 0) is 22.1 Å². The van der Waals surface area contributed by atoms with Crippen molar-refractivity contribution in [3.63, 3.8) is 0 Å². The van der Waals surface area contributed by atoms with Crippen LogP contribution in [0.1, 0.15) is 28.5 Å². The number of carbonyl (C=O) groups is 1. The van der Waals surface area contributed by atoms with Crippen molar-refractivity contribution >= 4 is 17.2 Å². The molecule has 0 aliphatic carbocycles. The van der Waals surface area contributed by atoms with Crippen LogP contribution in [-0.4, -0.2) is 30.6 Å². The zero-order chi connectivity index (χ0) is 18.6. The number of alkyl halides is 3. The molecule has 2 aromatic rings. The summed E-state index contributed by atoms with van der Waals surface area (Å²) in [6.07, 6.45) is -2.84. The lowest BCUT2D eigenvalue weighted by Gasteiger charge is -2.22. The van der Waals surface area contributed by atoms with E-state index in [2.05, 4.69) is 16.4 Å². The van der Waals surface area contributed by atoms with Crippen LogP contribution in [0.3, 0.4) is 0 Å². The Morgan fingerprint density at radius 3 is 2.96 bits per heavy atom. The molecular formula is C17H17F3N2O3S. The fourth-order valence-corrected chi connectivity index (χ4v) is 3.60. The smallest absolute Gasteiger partial charge is 0.417 e. The zero-order valence-electron chi connectivity index (χ0n) is 13.7. The van der Waals surface area contributed by atoms with Gasteiger partial charge in [-0.3, -0.25) is 4.79 Å². The van der Waals surface area contributed by atoms with E-state index in [0.717, 1.165) is 23.4 Å². The Morgan fingerprint density at radius 2 is 2.23 bits per heavy atom. The Bertz CT molecular complexity index is 746. The average Bonchev–Trinajstić information content (AvgIpc) is 3.08. The summed E-state index contributed by atoms with van der Waals surface area (Å²) in [5, 5.41) is 4.71. The SMILES string of the molecule is O=C(CC1OCCc2ccsc21)NCCOc1ccc(C(F)(F)F)cn1. The van der Waals surface area contributed by atoms with Gasteiger partial charge in [-0.05, 0) is 29.5 Å². The first-order valence-electron chi connectivity index (χ1n) is 8.04. The molecule has 1 atom stereocenters. The number of amides is 1. The maximum absolute atomic E-state index is 12.4. The molecule has 3 heterocycles. The predicted molar refractivity (Wildman–Crippen MR) is 89.1 cm³/mol. The lowest BCUT2D eigenvalue weighted by atomic mass is 10.1. The van der Waals surface area contributed by atoms with Gasteiger partial charge in [0.15, 0.2) is 0 Å². The minimum Gasteiger partial charge on any atom is -0.476 e. The van der Waals surface area contributed by atoms with E-state index in [1.165, 1.54) is 5.56 Å². The van der Waals surface area contributed by atoms with Crippen LogP contribution in [0.4, 0.5) is 13.2 Å². The van der Waals surface area contributed by atoms with Gasteiger partial charge in [-0.1, -0.05) is 0 Å². The molecule has 3 rings (SSSR count). The quantitative estimate of drug-likeness (QED) is 0.774. The third-order valence-corrected chi connectivity index (χ3v) is 4.92. The monoisotopic (exact) mass is 386 g/mol. The van der Waals surface area contributed by atoms with Crippen LogP contribution in [0, 0.1) is 0 Å². The second kappa shape index (κ2) is 8.05. The highest BCUT2D eigenvalue weighted by Gasteiger charge is 2.30. The molecule has 140 valence electrons. The van der Waals surface area contributed by atoms with Crippen molar-refractivity contribution < 1.29 is 27.4 Å². The minimum atomic E-state index is -4.43. The third kappa shape index (κ3) is 4.73. The van der Waals surface area contributed by atoms with Crippen molar-refractivity contribution in [1.82, 2.24) is 10.3 Å². The number of rotatable bonds is 6. The van der Waals surface area contributed by atoms with E-state index >= 15 is 0 Å². The van der Waals surface area contributed by atoms with E-state index in [0.29, 0.717) is 12.8 Å². The summed E-state index contributed by atoms with van der Waals surface area (Å²) in [4.78, 5) is 16.7. The number of hydrogen-bond acceptors (Lipinski definition) is 5. The number of ether oxygens (including phenoxy) is 2. The normalized spacial score (nSPS) is 16.8. The van der Waals surface area contributed by atoms with E-state index in [1.807, 2.05) is 5.38 Å². The molecule has 1 aliphatic rings. The highest BCUT2D eigenvalue weighted by atomic mass is 32.1. The lowest BCUT2D eigenvalue weighted by Crippen LogP contribution is -2.30. The molecule has 0 saturated carbocycles. The molecule has 1 amide bonds. The number of nitrogens with zero attached hydrogens (tertiary/aromatic N) is 1. The van der Waals surface area contributed by atoms with Crippen LogP contribution in [0.25, 0.3) is 0 Å². The van der Waals surface area contributed by atoms with E-state index in [-0.39, 0.29) is 37.5 Å². The molecule has 0 spiro atoms. The minimum absolute atomic E-state index is 0.0751. The summed E-state index contributed by atoms with van der Waals surface area (Å²) in [5.74, 6) is -0.0914. The molecule has 26 heavy (non-hydrogen) atoms. The van der Waals surface area contributed by atoms with Crippen LogP contribution < -0.4 is 10.1 Å². The highest BCUT2D eigenvalue weighted by molar-refractivity contribution is 7.10. The maximum Gasteiger partial charge on any atom is 0.417 e. The molecule has 1 aliphatic heterocycles. The summed E-state index contributed by atoms with van der Waals surface area (Å²) in [6.45, 7) is 0.940. The first kappa shape index (κ1) is 18.7. The van der Waals surface area contributed by atoms with Gasteiger partial charge in [-0.15, -0.1) is 11.3 Å². The summed E-state index contributed by atoms with van der Waals surface area (Å²) >= 11 is 1.59. The number of thiophene rings is 1. The molecule has 0 aromatic carbocycles. The lowest BCUT2D eigenvalue weighted by molar-refractivity contribution is -0.137. The predicted octanol–water partition coefficient (Wildman–Crippen LogP) is 3.36. The molecule has 5 nitrogen and oxygen atoms in total. The number of carbonyl (C=O) groups excluding carboxylic acids is 1. The molecule has 0 radical (unpaired) electrons. The second-order valence-electron chi connectivity index (χ2n) is 5.70. The van der Waals surface area contributed by atoms with Gasteiger partial charge in [0.1, 0.15) is 12.7 Å². The Morgan fingerprint density at radius 1 is 1.38 bits per heavy atom. The van der Waals surface area contributed by atoms with Crippen LogP contribution >= 0.6 is 11.3 Å². The van der Waals surface area contributed by atoms with Crippen molar-refractivity contribution in [2.24, 2.45) is 0 Å². The van der Waals surface area contributed by atoms with Gasteiger partial charge >= 0.3 is 6.18 Å². The van der Waals surface area contributed by atoms with Crippen LogP contribution in [0.5, 0.6) is 5.88 Å². The van der Waals surface area contributed by atoms with E-state index in [9.17, 15) is 18.0 Å². The van der Waals surface area contributed by atoms with Crippen molar-refractivity contribution in [3.05, 3.63) is 45.8 Å². The topological polar surface area (TPSA) is 60.5 Å². The van der Waals surface area contributed by atoms with Gasteiger partial charge in [0.2, 0.25) is 11.8 Å². The summed E-state index contributed by atoms with van der Waals surface area (Å²) in [5.41, 5.74) is 0.398. The largest absolute Gasteiger partial charge is 0.476 e. The van der Waals surface area contributed by atoms with Crippen molar-refractivity contribution in [2.45, 2.75) is 25.1 Å². The molecule has 1 unspecified atom stereocenters. The summed E-state index contributed by atoms with van der Waals surface area (Å²) in [7, 11) is 0. The molecule has 0 saturated heterocycles. The Hall–Kier alpha value is -2.13. The van der Waals surface area contributed by atoms with Crippen LogP contribution in [0.2, 0.25) is 0 Å². The van der Waals surface area contributed by atoms with Gasteiger partial charge in [-0.2, -0.15) is 13.2 Å².